The zero-order valence-corrected chi connectivity index (χ0v) is 11.8. The lowest BCUT2D eigenvalue weighted by molar-refractivity contribution is 1.12. The van der Waals surface area contributed by atoms with Gasteiger partial charge in [0.05, 0.1) is 0 Å². The predicted molar refractivity (Wildman–Crippen MR) is 90.6 cm³/mol. The van der Waals surface area contributed by atoms with E-state index in [4.69, 9.17) is 0 Å². The Morgan fingerprint density at radius 2 is 1.62 bits per heavy atom. The molecule has 0 saturated carbocycles. The fraction of sp³-hybridized carbons (Fsp3) is 0.100. The highest BCUT2D eigenvalue weighted by molar-refractivity contribution is 5.91. The van der Waals surface area contributed by atoms with Gasteiger partial charge in [0.25, 0.3) is 0 Å². The first-order valence-corrected chi connectivity index (χ1v) is 7.39. The maximum Gasteiger partial charge on any atom is 0.0366 e. The summed E-state index contributed by atoms with van der Waals surface area (Å²) in [4.78, 5) is 0. The van der Waals surface area contributed by atoms with E-state index in [1.54, 1.807) is 0 Å². The number of nitrogens with one attached hydrogen (secondary N) is 1. The molecule has 0 atom stereocenters. The average Bonchev–Trinajstić information content (AvgIpc) is 2.97. The molecule has 4 rings (SSSR count). The zero-order valence-electron chi connectivity index (χ0n) is 11.8. The normalized spacial score (nSPS) is 13.0. The summed E-state index contributed by atoms with van der Waals surface area (Å²) < 4.78 is 0. The Morgan fingerprint density at radius 1 is 0.810 bits per heavy atom. The monoisotopic (exact) mass is 271 g/mol. The van der Waals surface area contributed by atoms with Gasteiger partial charge in [-0.05, 0) is 46.0 Å². The second-order valence-corrected chi connectivity index (χ2v) is 5.55. The van der Waals surface area contributed by atoms with E-state index in [1.165, 1.54) is 33.2 Å². The van der Waals surface area contributed by atoms with Gasteiger partial charge in [0.2, 0.25) is 0 Å². The standard InChI is InChI=1S/C20H17N/c1-2-7-18(8-3-1)21-14-15-12-17-11-10-16-6-4-5-9-19(16)20(17)13-15/h1-12,21H,13-14H2. The topological polar surface area (TPSA) is 12.0 Å². The Hall–Kier alpha value is -2.54. The number of para-hydroxylation sites is 1. The molecular formula is C20H17N. The lowest BCUT2D eigenvalue weighted by Crippen LogP contribution is -2.04. The minimum Gasteiger partial charge on any atom is -0.381 e. The highest BCUT2D eigenvalue weighted by Crippen LogP contribution is 2.31. The van der Waals surface area contributed by atoms with Gasteiger partial charge in [-0.3, -0.25) is 0 Å². The van der Waals surface area contributed by atoms with Crippen LogP contribution in [0.4, 0.5) is 5.69 Å². The number of anilines is 1. The van der Waals surface area contributed by atoms with E-state index in [1.807, 2.05) is 6.07 Å². The molecule has 1 N–H and O–H groups in total. The molecule has 0 aromatic heterocycles. The lowest BCUT2D eigenvalue weighted by Gasteiger charge is -2.08. The zero-order chi connectivity index (χ0) is 14.1. The SMILES string of the molecule is C1=C(CNc2ccccc2)Cc2c1ccc1ccccc21. The predicted octanol–water partition coefficient (Wildman–Crippen LogP) is 4.89. The van der Waals surface area contributed by atoms with E-state index in [-0.39, 0.29) is 0 Å². The molecule has 0 fully saturated rings. The summed E-state index contributed by atoms with van der Waals surface area (Å²) >= 11 is 0. The number of hydrogen-bond donors (Lipinski definition) is 1. The third-order valence-electron chi connectivity index (χ3n) is 4.13. The highest BCUT2D eigenvalue weighted by atomic mass is 14.9. The van der Waals surface area contributed by atoms with Crippen LogP contribution in [0.3, 0.4) is 0 Å². The van der Waals surface area contributed by atoms with Crippen molar-refractivity contribution >= 4 is 22.5 Å². The van der Waals surface area contributed by atoms with Crippen molar-refractivity contribution in [3.8, 4) is 0 Å². The third kappa shape index (κ3) is 2.31. The van der Waals surface area contributed by atoms with Crippen molar-refractivity contribution in [2.75, 3.05) is 11.9 Å². The molecule has 1 aliphatic carbocycles. The number of fused-ring (bicyclic) bond motifs is 3. The molecule has 0 unspecified atom stereocenters. The quantitative estimate of drug-likeness (QED) is 0.715. The van der Waals surface area contributed by atoms with Gasteiger partial charge >= 0.3 is 0 Å². The van der Waals surface area contributed by atoms with Gasteiger partial charge in [-0.1, -0.05) is 60.7 Å². The van der Waals surface area contributed by atoms with Crippen molar-refractivity contribution in [1.29, 1.82) is 0 Å². The number of rotatable bonds is 3. The van der Waals surface area contributed by atoms with Crippen molar-refractivity contribution in [2.24, 2.45) is 0 Å². The fourth-order valence-corrected chi connectivity index (χ4v) is 3.07. The van der Waals surface area contributed by atoms with Gasteiger partial charge in [0.1, 0.15) is 0 Å². The second-order valence-electron chi connectivity index (χ2n) is 5.55. The molecular weight excluding hydrogens is 254 g/mol. The van der Waals surface area contributed by atoms with Gasteiger partial charge in [0.15, 0.2) is 0 Å². The molecule has 1 heteroatoms. The van der Waals surface area contributed by atoms with Crippen LogP contribution in [-0.2, 0) is 6.42 Å². The summed E-state index contributed by atoms with van der Waals surface area (Å²) in [6.45, 7) is 0.910. The maximum absolute atomic E-state index is 3.50. The molecule has 0 bridgehead atoms. The molecule has 0 heterocycles. The molecule has 0 radical (unpaired) electrons. The van der Waals surface area contributed by atoms with Crippen LogP contribution >= 0.6 is 0 Å². The van der Waals surface area contributed by atoms with Crippen molar-refractivity contribution < 1.29 is 0 Å². The summed E-state index contributed by atoms with van der Waals surface area (Å²) in [6, 6.07) is 23.5. The smallest absolute Gasteiger partial charge is 0.0366 e. The first-order valence-electron chi connectivity index (χ1n) is 7.39. The molecule has 0 amide bonds. The molecule has 3 aromatic rings. The first kappa shape index (κ1) is 12.2. The van der Waals surface area contributed by atoms with Crippen molar-refractivity contribution in [1.82, 2.24) is 0 Å². The second kappa shape index (κ2) is 5.10. The summed E-state index contributed by atoms with van der Waals surface area (Å²) in [5.74, 6) is 0. The minimum atomic E-state index is 0.910. The van der Waals surface area contributed by atoms with Gasteiger partial charge in [-0.25, -0.2) is 0 Å². The van der Waals surface area contributed by atoms with Gasteiger partial charge < -0.3 is 5.32 Å². The Labute approximate surface area is 124 Å². The Bertz CT molecular complexity index is 816. The van der Waals surface area contributed by atoms with Crippen LogP contribution < -0.4 is 5.32 Å². The summed E-state index contributed by atoms with van der Waals surface area (Å²) in [5, 5.41) is 6.23. The maximum atomic E-state index is 3.50. The molecule has 0 saturated heterocycles. The molecule has 1 nitrogen and oxygen atoms in total. The van der Waals surface area contributed by atoms with Crippen LogP contribution in [0.5, 0.6) is 0 Å². The molecule has 0 aliphatic heterocycles. The molecule has 3 aromatic carbocycles. The molecule has 0 spiro atoms. The van der Waals surface area contributed by atoms with E-state index in [0.717, 1.165) is 13.0 Å². The van der Waals surface area contributed by atoms with Gasteiger partial charge in [-0.15, -0.1) is 0 Å². The Morgan fingerprint density at radius 3 is 2.52 bits per heavy atom. The van der Waals surface area contributed by atoms with Crippen LogP contribution in [0.1, 0.15) is 11.1 Å². The largest absolute Gasteiger partial charge is 0.381 e. The summed E-state index contributed by atoms with van der Waals surface area (Å²) in [6.07, 6.45) is 3.38. The Balaban J connectivity index is 1.57. The lowest BCUT2D eigenvalue weighted by atomic mass is 10.00. The van der Waals surface area contributed by atoms with Crippen LogP contribution in [-0.4, -0.2) is 6.54 Å². The van der Waals surface area contributed by atoms with Crippen molar-refractivity contribution in [2.45, 2.75) is 6.42 Å². The minimum absolute atomic E-state index is 0.910. The van der Waals surface area contributed by atoms with Crippen molar-refractivity contribution in [3.63, 3.8) is 0 Å². The van der Waals surface area contributed by atoms with Crippen LogP contribution in [0.15, 0.2) is 72.3 Å². The number of hydrogen-bond acceptors (Lipinski definition) is 1. The van der Waals surface area contributed by atoms with Crippen LogP contribution in [0.2, 0.25) is 0 Å². The van der Waals surface area contributed by atoms with Crippen LogP contribution in [0, 0.1) is 0 Å². The molecule has 102 valence electrons. The van der Waals surface area contributed by atoms with Gasteiger partial charge in [-0.2, -0.15) is 0 Å². The van der Waals surface area contributed by atoms with E-state index in [2.05, 4.69) is 72.1 Å². The fourth-order valence-electron chi connectivity index (χ4n) is 3.07. The molecule has 21 heavy (non-hydrogen) atoms. The van der Waals surface area contributed by atoms with Crippen LogP contribution in [0.25, 0.3) is 16.8 Å². The summed E-state index contributed by atoms with van der Waals surface area (Å²) in [7, 11) is 0. The first-order chi connectivity index (χ1) is 10.4. The average molecular weight is 271 g/mol. The number of benzene rings is 3. The highest BCUT2D eigenvalue weighted by Gasteiger charge is 2.14. The Kier molecular flexibility index (Phi) is 2.97. The van der Waals surface area contributed by atoms with Gasteiger partial charge in [0, 0.05) is 12.2 Å². The van der Waals surface area contributed by atoms with E-state index < -0.39 is 0 Å². The van der Waals surface area contributed by atoms with E-state index in [0.29, 0.717) is 0 Å². The van der Waals surface area contributed by atoms with E-state index in [9.17, 15) is 0 Å². The van der Waals surface area contributed by atoms with E-state index >= 15 is 0 Å². The molecule has 1 aliphatic rings. The third-order valence-corrected chi connectivity index (χ3v) is 4.13. The van der Waals surface area contributed by atoms with Crippen molar-refractivity contribution in [3.05, 3.63) is 83.4 Å². The summed E-state index contributed by atoms with van der Waals surface area (Å²) in [5.41, 5.74) is 5.47.